The number of cyclic esters (lactones) is 1. The molecule has 4 rings (SSSR count). The fourth-order valence-electron chi connectivity index (χ4n) is 4.56. The highest BCUT2D eigenvalue weighted by molar-refractivity contribution is 5.92. The van der Waals surface area contributed by atoms with E-state index in [1.807, 2.05) is 43.0 Å². The molecule has 2 aliphatic rings. The Morgan fingerprint density at radius 3 is 2.46 bits per heavy atom. The minimum atomic E-state index is -0.572. The summed E-state index contributed by atoms with van der Waals surface area (Å²) in [5, 5.41) is 3.10. The van der Waals surface area contributed by atoms with E-state index in [1.54, 1.807) is 12.3 Å². The molecule has 1 saturated heterocycles. The molecule has 6 heteroatoms. The van der Waals surface area contributed by atoms with Crippen LogP contribution in [0.25, 0.3) is 0 Å². The van der Waals surface area contributed by atoms with Crippen LogP contribution < -0.4 is 5.32 Å². The van der Waals surface area contributed by atoms with Gasteiger partial charge in [-0.2, -0.15) is 0 Å². The third kappa shape index (κ3) is 3.51. The molecule has 2 amide bonds. The first-order chi connectivity index (χ1) is 13.5. The van der Waals surface area contributed by atoms with Crippen LogP contribution in [0.5, 0.6) is 0 Å². The lowest BCUT2D eigenvalue weighted by Crippen LogP contribution is -2.46. The number of aromatic nitrogens is 1. The summed E-state index contributed by atoms with van der Waals surface area (Å²) in [7, 11) is 0. The predicted molar refractivity (Wildman–Crippen MR) is 106 cm³/mol. The van der Waals surface area contributed by atoms with Gasteiger partial charge in [-0.05, 0) is 57.2 Å². The van der Waals surface area contributed by atoms with Crippen LogP contribution in [0.15, 0.2) is 48.7 Å². The maximum absolute atomic E-state index is 12.7. The fraction of sp³-hybridized carbons (Fsp3) is 0.455. The van der Waals surface area contributed by atoms with Crippen LogP contribution in [-0.2, 0) is 4.74 Å². The Morgan fingerprint density at radius 1 is 1.11 bits per heavy atom. The molecule has 1 aliphatic heterocycles. The Labute approximate surface area is 165 Å². The normalized spacial score (nSPS) is 26.7. The molecule has 1 aromatic heterocycles. The minimum Gasteiger partial charge on any atom is -0.441 e. The molecule has 2 heterocycles. The van der Waals surface area contributed by atoms with E-state index in [-0.39, 0.29) is 30.1 Å². The van der Waals surface area contributed by atoms with E-state index in [0.717, 1.165) is 31.2 Å². The highest BCUT2D eigenvalue weighted by atomic mass is 16.6. The molecule has 1 aliphatic carbocycles. The Hall–Kier alpha value is -2.76. The maximum atomic E-state index is 12.7. The molecule has 2 aromatic rings. The van der Waals surface area contributed by atoms with Crippen molar-refractivity contribution in [3.63, 3.8) is 0 Å². The smallest absolute Gasteiger partial charge is 0.411 e. The number of ether oxygens (including phenoxy) is 1. The fourth-order valence-corrected chi connectivity index (χ4v) is 4.56. The Balaban J connectivity index is 1.44. The lowest BCUT2D eigenvalue weighted by Gasteiger charge is -2.38. The van der Waals surface area contributed by atoms with Crippen LogP contribution >= 0.6 is 0 Å². The van der Waals surface area contributed by atoms with E-state index in [9.17, 15) is 9.59 Å². The number of nitrogens with one attached hydrogen (secondary N) is 2. The molecule has 1 saturated carbocycles. The van der Waals surface area contributed by atoms with E-state index in [4.69, 9.17) is 4.74 Å². The second-order valence-electron chi connectivity index (χ2n) is 8.25. The van der Waals surface area contributed by atoms with Crippen molar-refractivity contribution < 1.29 is 14.3 Å². The number of benzene rings is 1. The summed E-state index contributed by atoms with van der Waals surface area (Å²) in [6, 6.07) is 13.8. The largest absolute Gasteiger partial charge is 0.441 e. The molecule has 2 fully saturated rings. The first-order valence-corrected chi connectivity index (χ1v) is 9.96. The van der Waals surface area contributed by atoms with E-state index in [1.165, 1.54) is 0 Å². The summed E-state index contributed by atoms with van der Waals surface area (Å²) in [5.41, 5.74) is 1.11. The number of hydrogen-bond donors (Lipinski definition) is 2. The molecule has 1 unspecified atom stereocenters. The highest BCUT2D eigenvalue weighted by Gasteiger charge is 2.51. The van der Waals surface area contributed by atoms with Crippen molar-refractivity contribution in [1.29, 1.82) is 0 Å². The lowest BCUT2D eigenvalue weighted by molar-refractivity contribution is 0.0663. The lowest BCUT2D eigenvalue weighted by atomic mass is 9.86. The van der Waals surface area contributed by atoms with Crippen LogP contribution in [-0.4, -0.2) is 39.6 Å². The van der Waals surface area contributed by atoms with Gasteiger partial charge in [-0.1, -0.05) is 30.3 Å². The summed E-state index contributed by atoms with van der Waals surface area (Å²) in [5.74, 6) is -0.0719. The molecule has 1 aromatic carbocycles. The minimum absolute atomic E-state index is 0.0719. The number of hydrogen-bond acceptors (Lipinski definition) is 3. The van der Waals surface area contributed by atoms with Crippen molar-refractivity contribution in [2.24, 2.45) is 0 Å². The molecule has 0 spiro atoms. The summed E-state index contributed by atoms with van der Waals surface area (Å²) in [6.45, 7) is 3.95. The van der Waals surface area contributed by atoms with Crippen molar-refractivity contribution in [3.05, 3.63) is 59.9 Å². The summed E-state index contributed by atoms with van der Waals surface area (Å²) in [4.78, 5) is 29.8. The molecule has 28 heavy (non-hydrogen) atoms. The SMILES string of the molecule is CC1(C)OC(=O)N(C2CCC(NC(=O)c3ccc[nH]3)CC2)C1c1ccccc1. The molecule has 2 N–H and O–H groups in total. The van der Waals surface area contributed by atoms with E-state index in [0.29, 0.717) is 5.69 Å². The summed E-state index contributed by atoms with van der Waals surface area (Å²) < 4.78 is 5.74. The monoisotopic (exact) mass is 381 g/mol. The van der Waals surface area contributed by atoms with Gasteiger partial charge in [0, 0.05) is 18.3 Å². The van der Waals surface area contributed by atoms with Gasteiger partial charge in [0.2, 0.25) is 0 Å². The van der Waals surface area contributed by atoms with Gasteiger partial charge in [-0.3, -0.25) is 9.69 Å². The Morgan fingerprint density at radius 2 is 1.82 bits per heavy atom. The average molecular weight is 381 g/mol. The zero-order valence-corrected chi connectivity index (χ0v) is 16.4. The quantitative estimate of drug-likeness (QED) is 0.840. The first-order valence-electron chi connectivity index (χ1n) is 9.96. The number of H-pyrrole nitrogens is 1. The van der Waals surface area contributed by atoms with Crippen molar-refractivity contribution in [2.75, 3.05) is 0 Å². The van der Waals surface area contributed by atoms with Gasteiger partial charge in [0.25, 0.3) is 5.91 Å². The van der Waals surface area contributed by atoms with Crippen molar-refractivity contribution in [1.82, 2.24) is 15.2 Å². The average Bonchev–Trinajstić information content (AvgIpc) is 3.29. The van der Waals surface area contributed by atoms with Crippen LogP contribution in [0.3, 0.4) is 0 Å². The molecule has 6 nitrogen and oxygen atoms in total. The molecule has 1 atom stereocenters. The standard InChI is InChI=1S/C22H27N3O3/c1-22(2)19(15-7-4-3-5-8-15)25(21(27)28-22)17-12-10-16(11-13-17)24-20(26)18-9-6-14-23-18/h3-9,14,16-17,19,23H,10-13H2,1-2H3,(H,24,26). The number of nitrogens with zero attached hydrogens (tertiary/aromatic N) is 1. The van der Waals surface area contributed by atoms with Gasteiger partial charge in [0.05, 0.1) is 6.04 Å². The van der Waals surface area contributed by atoms with Crippen LogP contribution in [0.1, 0.15) is 61.6 Å². The predicted octanol–water partition coefficient (Wildman–Crippen LogP) is 4.03. The van der Waals surface area contributed by atoms with Crippen LogP contribution in [0, 0.1) is 0 Å². The number of carbonyl (C=O) groups is 2. The maximum Gasteiger partial charge on any atom is 0.411 e. The van der Waals surface area contributed by atoms with Crippen molar-refractivity contribution in [3.8, 4) is 0 Å². The van der Waals surface area contributed by atoms with Crippen LogP contribution in [0.4, 0.5) is 4.79 Å². The van der Waals surface area contributed by atoms with Gasteiger partial charge < -0.3 is 15.0 Å². The van der Waals surface area contributed by atoms with Crippen LogP contribution in [0.2, 0.25) is 0 Å². The molecular formula is C22H27N3O3. The first kappa shape index (κ1) is 18.6. The number of carbonyl (C=O) groups excluding carboxylic acids is 2. The molecular weight excluding hydrogens is 354 g/mol. The van der Waals surface area contributed by atoms with E-state index < -0.39 is 5.60 Å². The summed E-state index contributed by atoms with van der Waals surface area (Å²) >= 11 is 0. The third-order valence-electron chi connectivity index (χ3n) is 5.88. The molecule has 0 bridgehead atoms. The zero-order chi connectivity index (χ0) is 19.7. The van der Waals surface area contributed by atoms with Gasteiger partial charge in [0.15, 0.2) is 0 Å². The molecule has 0 radical (unpaired) electrons. The van der Waals surface area contributed by atoms with Gasteiger partial charge >= 0.3 is 6.09 Å². The number of aromatic amines is 1. The number of rotatable bonds is 4. The zero-order valence-electron chi connectivity index (χ0n) is 16.4. The van der Waals surface area contributed by atoms with Crippen molar-refractivity contribution >= 4 is 12.0 Å². The van der Waals surface area contributed by atoms with E-state index >= 15 is 0 Å². The third-order valence-corrected chi connectivity index (χ3v) is 5.88. The van der Waals surface area contributed by atoms with Gasteiger partial charge in [-0.15, -0.1) is 0 Å². The Bertz CT molecular complexity index is 824. The number of amides is 2. The molecule has 148 valence electrons. The van der Waals surface area contributed by atoms with Gasteiger partial charge in [0.1, 0.15) is 11.3 Å². The van der Waals surface area contributed by atoms with E-state index in [2.05, 4.69) is 22.4 Å². The summed E-state index contributed by atoms with van der Waals surface area (Å²) in [6.07, 6.45) is 4.91. The van der Waals surface area contributed by atoms with Gasteiger partial charge in [-0.25, -0.2) is 4.79 Å². The second-order valence-corrected chi connectivity index (χ2v) is 8.25. The highest BCUT2D eigenvalue weighted by Crippen LogP contribution is 2.44. The topological polar surface area (TPSA) is 74.4 Å². The second kappa shape index (κ2) is 7.34. The van der Waals surface area contributed by atoms with Crippen molar-refractivity contribution in [2.45, 2.75) is 63.3 Å². The Kier molecular flexibility index (Phi) is 4.87.